The molecule has 0 atom stereocenters. The molecule has 98 valence electrons. The Morgan fingerprint density at radius 2 is 2.05 bits per heavy atom. The van der Waals surface area contributed by atoms with E-state index in [1.807, 2.05) is 23.7 Å². The summed E-state index contributed by atoms with van der Waals surface area (Å²) in [7, 11) is 0. The second-order valence-electron chi connectivity index (χ2n) is 4.87. The zero-order chi connectivity index (χ0) is 13.5. The van der Waals surface area contributed by atoms with Crippen LogP contribution in [0.3, 0.4) is 0 Å². The molecule has 2 heterocycles. The van der Waals surface area contributed by atoms with Gasteiger partial charge in [-0.2, -0.15) is 5.10 Å². The second kappa shape index (κ2) is 4.42. The third kappa shape index (κ3) is 1.89. The van der Waals surface area contributed by atoms with Crippen molar-refractivity contribution in [2.75, 3.05) is 0 Å². The van der Waals surface area contributed by atoms with Crippen molar-refractivity contribution in [1.82, 2.24) is 14.6 Å². The van der Waals surface area contributed by atoms with Crippen molar-refractivity contribution in [3.8, 4) is 0 Å². The third-order valence-corrected chi connectivity index (χ3v) is 4.29. The van der Waals surface area contributed by atoms with Crippen LogP contribution in [0.5, 0.6) is 0 Å². The lowest BCUT2D eigenvalue weighted by molar-refractivity contribution is 0.945. The topological polar surface area (TPSA) is 30.2 Å². The third-order valence-electron chi connectivity index (χ3n) is 3.45. The van der Waals surface area contributed by atoms with E-state index in [-0.39, 0.29) is 0 Å². The van der Waals surface area contributed by atoms with Crippen LogP contribution >= 0.6 is 11.3 Å². The zero-order valence-corrected chi connectivity index (χ0v) is 11.9. The maximum Gasteiger partial charge on any atom is 0.212 e. The second-order valence-corrected chi connectivity index (χ2v) is 6.03. The Labute approximate surface area is 120 Å². The number of allylic oxidation sites excluding steroid dienone is 4. The first-order valence-corrected chi connectivity index (χ1v) is 7.40. The van der Waals surface area contributed by atoms with E-state index in [0.717, 1.165) is 22.1 Å². The average molecular weight is 279 g/mol. The highest BCUT2D eigenvalue weighted by atomic mass is 32.1. The molecule has 4 rings (SSSR count). The molecular weight excluding hydrogens is 266 g/mol. The van der Waals surface area contributed by atoms with Crippen LogP contribution < -0.4 is 0 Å². The molecule has 0 unspecified atom stereocenters. The van der Waals surface area contributed by atoms with Gasteiger partial charge in [0.25, 0.3) is 0 Å². The first-order chi connectivity index (χ1) is 9.79. The summed E-state index contributed by atoms with van der Waals surface area (Å²) in [4.78, 5) is 5.63. The number of rotatable bonds is 2. The summed E-state index contributed by atoms with van der Waals surface area (Å²) in [5, 5.41) is 5.45. The van der Waals surface area contributed by atoms with E-state index in [0.29, 0.717) is 0 Å². The number of aromatic nitrogens is 3. The molecule has 0 saturated heterocycles. The van der Waals surface area contributed by atoms with Gasteiger partial charge in [0.15, 0.2) is 0 Å². The molecule has 0 aliphatic heterocycles. The molecule has 0 bridgehead atoms. The Kier molecular flexibility index (Phi) is 2.57. The van der Waals surface area contributed by atoms with Gasteiger partial charge in [0.2, 0.25) is 4.96 Å². The Morgan fingerprint density at radius 1 is 1.20 bits per heavy atom. The van der Waals surface area contributed by atoms with Crippen LogP contribution in [0, 0.1) is 6.92 Å². The fourth-order valence-electron chi connectivity index (χ4n) is 2.49. The summed E-state index contributed by atoms with van der Waals surface area (Å²) in [6.07, 6.45) is 7.45. The lowest BCUT2D eigenvalue weighted by atomic mass is 10.1. The van der Waals surface area contributed by atoms with Crippen LogP contribution in [0.15, 0.2) is 48.7 Å². The van der Waals surface area contributed by atoms with Gasteiger partial charge < -0.3 is 0 Å². The summed E-state index contributed by atoms with van der Waals surface area (Å²) in [5.74, 6) is 0. The molecule has 0 fully saturated rings. The van der Waals surface area contributed by atoms with Gasteiger partial charge in [0.1, 0.15) is 5.01 Å². The minimum absolute atomic E-state index is 0.939. The number of fused-ring (bicyclic) bond motifs is 1. The molecule has 0 N–H and O–H groups in total. The van der Waals surface area contributed by atoms with Gasteiger partial charge >= 0.3 is 0 Å². The Hall–Kier alpha value is -2.20. The van der Waals surface area contributed by atoms with Gasteiger partial charge in [-0.05, 0) is 36.1 Å². The van der Waals surface area contributed by atoms with Crippen molar-refractivity contribution in [3.05, 3.63) is 64.9 Å². The molecular formula is C16H13N3S. The maximum atomic E-state index is 4.66. The van der Waals surface area contributed by atoms with Crippen molar-refractivity contribution in [3.63, 3.8) is 0 Å². The molecule has 0 saturated carbocycles. The van der Waals surface area contributed by atoms with Gasteiger partial charge in [-0.15, -0.1) is 0 Å². The fraction of sp³-hybridized carbons (Fsp3) is 0.125. The van der Waals surface area contributed by atoms with Gasteiger partial charge in [-0.3, -0.25) is 0 Å². The van der Waals surface area contributed by atoms with Crippen LogP contribution in [-0.4, -0.2) is 14.6 Å². The first kappa shape index (κ1) is 11.6. The predicted molar refractivity (Wildman–Crippen MR) is 82.6 cm³/mol. The number of hydrogen-bond acceptors (Lipinski definition) is 3. The highest BCUT2D eigenvalue weighted by molar-refractivity contribution is 7.16. The SMILES string of the molecule is Cc1nn2cc(C3=CC(c4ccccc4)=CC3)nc2s1. The van der Waals surface area contributed by atoms with Gasteiger partial charge in [-0.25, -0.2) is 9.50 Å². The van der Waals surface area contributed by atoms with E-state index < -0.39 is 0 Å². The maximum absolute atomic E-state index is 4.66. The zero-order valence-electron chi connectivity index (χ0n) is 11.1. The largest absolute Gasteiger partial charge is 0.218 e. The summed E-state index contributed by atoms with van der Waals surface area (Å²) in [6, 6.07) is 10.5. The molecule has 0 spiro atoms. The van der Waals surface area contributed by atoms with Crippen LogP contribution in [-0.2, 0) is 0 Å². The van der Waals surface area contributed by atoms with Crippen LogP contribution in [0.1, 0.15) is 22.7 Å². The lowest BCUT2D eigenvalue weighted by Crippen LogP contribution is -1.82. The number of hydrogen-bond donors (Lipinski definition) is 0. The Bertz CT molecular complexity index is 806. The molecule has 1 aromatic carbocycles. The highest BCUT2D eigenvalue weighted by Crippen LogP contribution is 2.32. The fourth-order valence-corrected chi connectivity index (χ4v) is 3.21. The van der Waals surface area contributed by atoms with E-state index in [1.165, 1.54) is 16.7 Å². The molecule has 1 aliphatic rings. The van der Waals surface area contributed by atoms with Crippen molar-refractivity contribution >= 4 is 27.4 Å². The summed E-state index contributed by atoms with van der Waals surface area (Å²) >= 11 is 1.63. The normalized spacial score (nSPS) is 14.7. The van der Waals surface area contributed by atoms with Gasteiger partial charge in [-0.1, -0.05) is 47.7 Å². The van der Waals surface area contributed by atoms with Gasteiger partial charge in [0, 0.05) is 0 Å². The minimum Gasteiger partial charge on any atom is -0.218 e. The molecule has 2 aromatic heterocycles. The van der Waals surface area contributed by atoms with E-state index in [9.17, 15) is 0 Å². The quantitative estimate of drug-likeness (QED) is 0.710. The monoisotopic (exact) mass is 279 g/mol. The number of benzene rings is 1. The highest BCUT2D eigenvalue weighted by Gasteiger charge is 2.14. The Morgan fingerprint density at radius 3 is 2.85 bits per heavy atom. The van der Waals surface area contributed by atoms with Crippen molar-refractivity contribution in [1.29, 1.82) is 0 Å². The minimum atomic E-state index is 0.939. The number of nitrogens with zero attached hydrogens (tertiary/aromatic N) is 3. The van der Waals surface area contributed by atoms with E-state index in [4.69, 9.17) is 0 Å². The van der Waals surface area contributed by atoms with Crippen molar-refractivity contribution in [2.24, 2.45) is 0 Å². The molecule has 3 aromatic rings. The smallest absolute Gasteiger partial charge is 0.212 e. The van der Waals surface area contributed by atoms with E-state index in [2.05, 4.69) is 46.5 Å². The Balaban J connectivity index is 1.69. The van der Waals surface area contributed by atoms with Crippen molar-refractivity contribution in [2.45, 2.75) is 13.3 Å². The lowest BCUT2D eigenvalue weighted by Gasteiger charge is -1.97. The molecule has 0 amide bonds. The van der Waals surface area contributed by atoms with E-state index in [1.54, 1.807) is 11.3 Å². The van der Waals surface area contributed by atoms with Crippen LogP contribution in [0.2, 0.25) is 0 Å². The molecule has 3 nitrogen and oxygen atoms in total. The molecule has 1 aliphatic carbocycles. The van der Waals surface area contributed by atoms with Crippen LogP contribution in [0.4, 0.5) is 0 Å². The van der Waals surface area contributed by atoms with Crippen molar-refractivity contribution < 1.29 is 0 Å². The summed E-state index contributed by atoms with van der Waals surface area (Å²) < 4.78 is 1.87. The molecule has 4 heteroatoms. The molecule has 20 heavy (non-hydrogen) atoms. The van der Waals surface area contributed by atoms with Gasteiger partial charge in [0.05, 0.1) is 11.9 Å². The standard InChI is InChI=1S/C16H13N3S/c1-11-18-19-10-15(17-16(19)20-11)14-8-7-13(9-14)12-5-3-2-4-6-12/h2-7,9-10H,8H2,1H3. The number of imidazole rings is 1. The average Bonchev–Trinajstić information content (AvgIpc) is 3.12. The first-order valence-electron chi connectivity index (χ1n) is 6.59. The van der Waals surface area contributed by atoms with E-state index >= 15 is 0 Å². The summed E-state index contributed by atoms with van der Waals surface area (Å²) in [5.41, 5.74) is 4.84. The predicted octanol–water partition coefficient (Wildman–Crippen LogP) is 3.97. The molecule has 0 radical (unpaired) electrons. The number of aryl methyl sites for hydroxylation is 1. The van der Waals surface area contributed by atoms with Crippen LogP contribution in [0.25, 0.3) is 16.1 Å². The summed E-state index contributed by atoms with van der Waals surface area (Å²) in [6.45, 7) is 2.00.